The number of ether oxygens (including phenoxy) is 2. The molecule has 1 fully saturated rings. The van der Waals surface area contributed by atoms with Crippen LogP contribution in [-0.2, 0) is 4.74 Å². The summed E-state index contributed by atoms with van der Waals surface area (Å²) in [6.07, 6.45) is 3.35. The number of carbonyl (C=O) groups is 1. The minimum Gasteiger partial charge on any atom is -0.477 e. The van der Waals surface area contributed by atoms with Gasteiger partial charge in [-0.15, -0.1) is 0 Å². The van der Waals surface area contributed by atoms with Crippen LogP contribution in [0.25, 0.3) is 0 Å². The van der Waals surface area contributed by atoms with Gasteiger partial charge in [-0.1, -0.05) is 0 Å². The molecule has 0 atom stereocenters. The van der Waals surface area contributed by atoms with E-state index >= 15 is 0 Å². The van der Waals surface area contributed by atoms with Crippen molar-refractivity contribution in [3.8, 4) is 5.88 Å². The quantitative estimate of drug-likeness (QED) is 0.899. The standard InChI is InChI=1S/C18H18F2N2O3/c19-15-2-1-14(10-16(15)20)22-18(23)13-3-6-21-17(9-13)25-11-12-4-7-24-8-5-12/h1-3,6,9-10,12H,4-5,7-8,11H2,(H,22,23). The third-order valence-electron chi connectivity index (χ3n) is 3.98. The topological polar surface area (TPSA) is 60.5 Å². The number of pyridine rings is 1. The molecule has 132 valence electrons. The van der Waals surface area contributed by atoms with E-state index in [2.05, 4.69) is 10.3 Å². The fourth-order valence-corrected chi connectivity index (χ4v) is 2.52. The molecular weight excluding hydrogens is 330 g/mol. The number of anilines is 1. The number of halogens is 2. The molecule has 1 aromatic carbocycles. The lowest BCUT2D eigenvalue weighted by atomic mass is 10.0. The molecule has 0 radical (unpaired) electrons. The molecule has 0 spiro atoms. The fourth-order valence-electron chi connectivity index (χ4n) is 2.52. The average molecular weight is 348 g/mol. The Bertz CT molecular complexity index is 749. The second-order valence-electron chi connectivity index (χ2n) is 5.83. The van der Waals surface area contributed by atoms with Crippen LogP contribution in [0.4, 0.5) is 14.5 Å². The Balaban J connectivity index is 1.61. The van der Waals surface area contributed by atoms with Gasteiger partial charge in [-0.05, 0) is 37.0 Å². The van der Waals surface area contributed by atoms with Crippen LogP contribution in [0, 0.1) is 17.6 Å². The van der Waals surface area contributed by atoms with E-state index in [-0.39, 0.29) is 5.69 Å². The largest absolute Gasteiger partial charge is 0.477 e. The number of nitrogens with zero attached hydrogens (tertiary/aromatic N) is 1. The summed E-state index contributed by atoms with van der Waals surface area (Å²) in [7, 11) is 0. The molecule has 0 bridgehead atoms. The van der Waals surface area contributed by atoms with Gasteiger partial charge in [0.05, 0.1) is 6.61 Å². The van der Waals surface area contributed by atoms with Crippen LogP contribution in [0.3, 0.4) is 0 Å². The van der Waals surface area contributed by atoms with Crippen LogP contribution in [-0.4, -0.2) is 30.7 Å². The predicted molar refractivity (Wildman–Crippen MR) is 87.6 cm³/mol. The Kier molecular flexibility index (Phi) is 5.55. The third kappa shape index (κ3) is 4.73. The molecule has 25 heavy (non-hydrogen) atoms. The van der Waals surface area contributed by atoms with E-state index in [0.717, 1.165) is 38.2 Å². The van der Waals surface area contributed by atoms with Gasteiger partial charge in [0.1, 0.15) is 0 Å². The molecule has 1 aromatic heterocycles. The van der Waals surface area contributed by atoms with Crippen molar-refractivity contribution in [3.63, 3.8) is 0 Å². The average Bonchev–Trinajstić information content (AvgIpc) is 2.64. The van der Waals surface area contributed by atoms with Crippen molar-refractivity contribution in [2.45, 2.75) is 12.8 Å². The Morgan fingerprint density at radius 2 is 2.00 bits per heavy atom. The third-order valence-corrected chi connectivity index (χ3v) is 3.98. The van der Waals surface area contributed by atoms with E-state index in [1.54, 1.807) is 0 Å². The Labute approximate surface area is 144 Å². The van der Waals surface area contributed by atoms with Crippen LogP contribution >= 0.6 is 0 Å². The molecule has 0 saturated carbocycles. The van der Waals surface area contributed by atoms with Gasteiger partial charge in [0.15, 0.2) is 11.6 Å². The van der Waals surface area contributed by atoms with E-state index in [1.165, 1.54) is 24.4 Å². The number of hydrogen-bond acceptors (Lipinski definition) is 4. The molecule has 0 aliphatic carbocycles. The Morgan fingerprint density at radius 1 is 1.20 bits per heavy atom. The lowest BCUT2D eigenvalue weighted by Crippen LogP contribution is -2.21. The minimum absolute atomic E-state index is 0.172. The van der Waals surface area contributed by atoms with Crippen LogP contribution < -0.4 is 10.1 Å². The SMILES string of the molecule is O=C(Nc1ccc(F)c(F)c1)c1ccnc(OCC2CCOCC2)c1. The summed E-state index contributed by atoms with van der Waals surface area (Å²) < 4.78 is 37.1. The highest BCUT2D eigenvalue weighted by atomic mass is 19.2. The maximum absolute atomic E-state index is 13.2. The van der Waals surface area contributed by atoms with Crippen LogP contribution in [0.2, 0.25) is 0 Å². The molecule has 1 amide bonds. The summed E-state index contributed by atoms with van der Waals surface area (Å²) in [6.45, 7) is 1.99. The van der Waals surface area contributed by atoms with Crippen molar-refractivity contribution < 1.29 is 23.0 Å². The molecule has 3 rings (SSSR count). The summed E-state index contributed by atoms with van der Waals surface area (Å²) in [6, 6.07) is 6.22. The zero-order valence-corrected chi connectivity index (χ0v) is 13.5. The van der Waals surface area contributed by atoms with E-state index in [0.29, 0.717) is 24.0 Å². The fraction of sp³-hybridized carbons (Fsp3) is 0.333. The Hall–Kier alpha value is -2.54. The first-order valence-corrected chi connectivity index (χ1v) is 8.05. The normalized spacial score (nSPS) is 15.0. The molecule has 1 aliphatic heterocycles. The Morgan fingerprint density at radius 3 is 2.76 bits per heavy atom. The molecule has 7 heteroatoms. The highest BCUT2D eigenvalue weighted by Crippen LogP contribution is 2.18. The van der Waals surface area contributed by atoms with Crippen LogP contribution in [0.5, 0.6) is 5.88 Å². The van der Waals surface area contributed by atoms with E-state index < -0.39 is 17.5 Å². The molecule has 1 saturated heterocycles. The van der Waals surface area contributed by atoms with E-state index in [9.17, 15) is 13.6 Å². The molecular formula is C18H18F2N2O3. The summed E-state index contributed by atoms with van der Waals surface area (Å²) in [5.41, 5.74) is 0.493. The van der Waals surface area contributed by atoms with Crippen molar-refractivity contribution in [1.82, 2.24) is 4.98 Å². The first kappa shape index (κ1) is 17.3. The zero-order valence-electron chi connectivity index (χ0n) is 13.5. The van der Waals surface area contributed by atoms with Gasteiger partial charge in [0, 0.05) is 42.8 Å². The van der Waals surface area contributed by atoms with Crippen molar-refractivity contribution in [2.24, 2.45) is 5.92 Å². The molecule has 2 heterocycles. The number of carbonyl (C=O) groups excluding carboxylic acids is 1. The maximum Gasteiger partial charge on any atom is 0.255 e. The van der Waals surface area contributed by atoms with Gasteiger partial charge in [0.2, 0.25) is 5.88 Å². The number of rotatable bonds is 5. The maximum atomic E-state index is 13.2. The molecule has 1 aliphatic rings. The lowest BCUT2D eigenvalue weighted by Gasteiger charge is -2.21. The molecule has 5 nitrogen and oxygen atoms in total. The first-order chi connectivity index (χ1) is 12.1. The zero-order chi connectivity index (χ0) is 17.6. The van der Waals surface area contributed by atoms with Gasteiger partial charge < -0.3 is 14.8 Å². The van der Waals surface area contributed by atoms with Crippen molar-refractivity contribution in [1.29, 1.82) is 0 Å². The molecule has 1 N–H and O–H groups in total. The minimum atomic E-state index is -1.02. The number of benzene rings is 1. The number of aromatic nitrogens is 1. The summed E-state index contributed by atoms with van der Waals surface area (Å²) in [5.74, 6) is -1.68. The second-order valence-corrected chi connectivity index (χ2v) is 5.83. The smallest absolute Gasteiger partial charge is 0.255 e. The second kappa shape index (κ2) is 8.02. The van der Waals surface area contributed by atoms with Crippen molar-refractivity contribution >= 4 is 11.6 Å². The van der Waals surface area contributed by atoms with Crippen molar-refractivity contribution in [3.05, 3.63) is 53.7 Å². The van der Waals surface area contributed by atoms with E-state index in [4.69, 9.17) is 9.47 Å². The molecule has 2 aromatic rings. The highest BCUT2D eigenvalue weighted by Gasteiger charge is 2.15. The van der Waals surface area contributed by atoms with Gasteiger partial charge in [0.25, 0.3) is 5.91 Å². The summed E-state index contributed by atoms with van der Waals surface area (Å²) in [4.78, 5) is 16.3. The van der Waals surface area contributed by atoms with Gasteiger partial charge >= 0.3 is 0 Å². The highest BCUT2D eigenvalue weighted by molar-refractivity contribution is 6.04. The van der Waals surface area contributed by atoms with Crippen molar-refractivity contribution in [2.75, 3.05) is 25.1 Å². The van der Waals surface area contributed by atoms with Gasteiger partial charge in [-0.2, -0.15) is 0 Å². The summed E-state index contributed by atoms with van der Waals surface area (Å²) >= 11 is 0. The van der Waals surface area contributed by atoms with Gasteiger partial charge in [-0.25, -0.2) is 13.8 Å². The monoisotopic (exact) mass is 348 g/mol. The summed E-state index contributed by atoms with van der Waals surface area (Å²) in [5, 5.41) is 2.51. The predicted octanol–water partition coefficient (Wildman–Crippen LogP) is 3.42. The van der Waals surface area contributed by atoms with E-state index in [1.807, 2.05) is 0 Å². The van der Waals surface area contributed by atoms with Gasteiger partial charge in [-0.3, -0.25) is 4.79 Å². The first-order valence-electron chi connectivity index (χ1n) is 8.05. The van der Waals surface area contributed by atoms with Crippen LogP contribution in [0.15, 0.2) is 36.5 Å². The lowest BCUT2D eigenvalue weighted by molar-refractivity contribution is 0.0490. The molecule has 0 unspecified atom stereocenters. The number of hydrogen-bond donors (Lipinski definition) is 1. The number of amides is 1. The van der Waals surface area contributed by atoms with Crippen LogP contribution in [0.1, 0.15) is 23.2 Å². The number of nitrogens with one attached hydrogen (secondary N) is 1.